The van der Waals surface area contributed by atoms with Gasteiger partial charge in [0, 0.05) is 0 Å². The molecule has 0 spiro atoms. The monoisotopic (exact) mass is 336 g/mol. The number of rotatable bonds is 1. The van der Waals surface area contributed by atoms with Crippen LogP contribution in [0.2, 0.25) is 0 Å². The van der Waals surface area contributed by atoms with Gasteiger partial charge in [0.15, 0.2) is 0 Å². The fraction of sp³-hybridized carbons (Fsp3) is 0.500. The minimum absolute atomic E-state index is 0. The van der Waals surface area contributed by atoms with Crippen LogP contribution in [0.5, 0.6) is 0 Å². The van der Waals surface area contributed by atoms with E-state index in [0.29, 0.717) is 0 Å². The second-order valence-electron chi connectivity index (χ2n) is 0.598. The summed E-state index contributed by atoms with van der Waals surface area (Å²) in [5.41, 5.74) is 4.57. The first-order valence-corrected chi connectivity index (χ1v) is 1.19. The van der Waals surface area contributed by atoms with Crippen LogP contribution in [-0.2, 0) is 31.0 Å². The molecule has 0 unspecified atom stereocenters. The number of carboxylic acids is 1. The van der Waals surface area contributed by atoms with E-state index in [0.717, 1.165) is 0 Å². The van der Waals surface area contributed by atoms with Gasteiger partial charge in [-0.1, -0.05) is 0 Å². The molecule has 64 valence electrons. The number of aliphatic carboxylic acids is 1. The van der Waals surface area contributed by atoms with Crippen molar-refractivity contribution < 1.29 is 36.1 Å². The Kier molecular flexibility index (Phi) is 190. The smallest absolute Gasteiger partial charge is 0.480 e. The Balaban J connectivity index is -0.00000000533. The molecule has 9 heteroatoms. The second-order valence-corrected chi connectivity index (χ2v) is 0.598. The fourth-order valence-electron chi connectivity index (χ4n) is 0. The first-order valence-electron chi connectivity index (χ1n) is 1.19. The molecule has 0 aliphatic heterocycles. The summed E-state index contributed by atoms with van der Waals surface area (Å²) in [4.78, 5) is 9.24. The van der Waals surface area contributed by atoms with E-state index in [1.54, 1.807) is 0 Å². The van der Waals surface area contributed by atoms with Gasteiger partial charge in [0.1, 0.15) is 0 Å². The van der Waals surface area contributed by atoms with Gasteiger partial charge in [0.05, 0.1) is 6.54 Å². The molecule has 0 aromatic rings. The van der Waals surface area contributed by atoms with Gasteiger partial charge in [-0.05, 0) is 0 Å². The number of hydrogen-bond donors (Lipinski definition) is 2. The van der Waals surface area contributed by atoms with Crippen molar-refractivity contribution in [3.05, 3.63) is 0 Å². The van der Waals surface area contributed by atoms with Crippen molar-refractivity contribution >= 4 is 73.0 Å². The van der Waals surface area contributed by atoms with Crippen LogP contribution in [0.3, 0.4) is 0 Å². The molecular formula is C2H9AlCl4NO2Zr+5. The molecule has 0 aliphatic rings. The number of halogens is 4. The fourth-order valence-corrected chi connectivity index (χ4v) is 0. The van der Waals surface area contributed by atoms with Crippen LogP contribution in [0.25, 0.3) is 0 Å². The van der Waals surface area contributed by atoms with Crippen LogP contribution in [-0.4, -0.2) is 35.0 Å². The van der Waals surface area contributed by atoms with E-state index in [-0.39, 0.29) is 99.7 Å². The summed E-state index contributed by atoms with van der Waals surface area (Å²) >= 11 is 0. The van der Waals surface area contributed by atoms with Gasteiger partial charge in [0.25, 0.3) is 0 Å². The molecule has 0 aromatic carbocycles. The average Bonchev–Trinajstić information content (AvgIpc) is 1.38. The third kappa shape index (κ3) is 74.9. The van der Waals surface area contributed by atoms with Crippen LogP contribution in [0, 0.1) is 0 Å². The van der Waals surface area contributed by atoms with Crippen molar-refractivity contribution in [2.45, 2.75) is 0 Å². The van der Waals surface area contributed by atoms with Crippen molar-refractivity contribution in [3.63, 3.8) is 0 Å². The van der Waals surface area contributed by atoms with Gasteiger partial charge < -0.3 is 10.8 Å². The molecule has 0 amide bonds. The molecule has 3 N–H and O–H groups in total. The van der Waals surface area contributed by atoms with Crippen LogP contribution in [0.1, 0.15) is 0 Å². The molecule has 0 rings (SSSR count). The van der Waals surface area contributed by atoms with Crippen LogP contribution < -0.4 is 5.73 Å². The Bertz CT molecular complexity index is 61.4. The summed E-state index contributed by atoms with van der Waals surface area (Å²) < 4.78 is 0. The van der Waals surface area contributed by atoms with E-state index in [9.17, 15) is 4.79 Å². The SMILES string of the molecule is Cl.Cl.Cl.Cl.NCC(=O)O.[Al+3].[Zr+2]. The molecule has 3 nitrogen and oxygen atoms in total. The molecular weight excluding hydrogens is 330 g/mol. The summed E-state index contributed by atoms with van der Waals surface area (Å²) in [5, 5.41) is 7.60. The minimum atomic E-state index is -0.968. The molecule has 0 bridgehead atoms. The summed E-state index contributed by atoms with van der Waals surface area (Å²) in [7, 11) is 0. The summed E-state index contributed by atoms with van der Waals surface area (Å²) in [6.45, 7) is -0.278. The van der Waals surface area contributed by atoms with E-state index in [2.05, 4.69) is 5.73 Å². The van der Waals surface area contributed by atoms with Gasteiger partial charge in [-0.15, -0.1) is 49.6 Å². The second kappa shape index (κ2) is 40.3. The van der Waals surface area contributed by atoms with Gasteiger partial charge in [0.2, 0.25) is 0 Å². The summed E-state index contributed by atoms with van der Waals surface area (Å²) in [5.74, 6) is -0.968. The number of nitrogens with two attached hydrogens (primary N) is 1. The van der Waals surface area contributed by atoms with Crippen molar-refractivity contribution in [2.24, 2.45) is 5.73 Å². The number of carboxylic acid groups (broad SMARTS) is 1. The molecule has 0 aromatic heterocycles. The molecule has 11 heavy (non-hydrogen) atoms. The molecule has 0 radical (unpaired) electrons. The predicted octanol–water partition coefficient (Wildman–Crippen LogP) is 0.334. The van der Waals surface area contributed by atoms with Gasteiger partial charge >= 0.3 is 49.5 Å². The van der Waals surface area contributed by atoms with Crippen molar-refractivity contribution in [1.29, 1.82) is 0 Å². The van der Waals surface area contributed by atoms with Crippen LogP contribution >= 0.6 is 49.6 Å². The molecule has 0 saturated carbocycles. The van der Waals surface area contributed by atoms with E-state index < -0.39 is 5.97 Å². The van der Waals surface area contributed by atoms with Gasteiger partial charge in [-0.3, -0.25) is 4.79 Å². The van der Waals surface area contributed by atoms with Gasteiger partial charge in [-0.25, -0.2) is 0 Å². The molecule has 0 atom stereocenters. The minimum Gasteiger partial charge on any atom is -0.480 e. The molecule has 0 aliphatic carbocycles. The quantitative estimate of drug-likeness (QED) is 0.677. The Hall–Kier alpha value is 2.01. The topological polar surface area (TPSA) is 63.3 Å². The van der Waals surface area contributed by atoms with E-state index in [4.69, 9.17) is 5.11 Å². The Morgan fingerprint density at radius 2 is 1.27 bits per heavy atom. The molecule has 0 saturated heterocycles. The van der Waals surface area contributed by atoms with Gasteiger partial charge in [-0.2, -0.15) is 0 Å². The Morgan fingerprint density at radius 3 is 1.27 bits per heavy atom. The first kappa shape index (κ1) is 52.0. The zero-order chi connectivity index (χ0) is 4.28. The summed E-state index contributed by atoms with van der Waals surface area (Å²) in [6, 6.07) is 0. The first-order chi connectivity index (χ1) is 2.27. The summed E-state index contributed by atoms with van der Waals surface area (Å²) in [6.07, 6.45) is 0. The van der Waals surface area contributed by atoms with E-state index in [1.807, 2.05) is 0 Å². The third-order valence-corrected chi connectivity index (χ3v) is 0.175. The Labute approximate surface area is 120 Å². The average molecular weight is 339 g/mol. The molecule has 0 heterocycles. The zero-order valence-corrected chi connectivity index (χ0v) is 12.2. The number of hydrogen-bond acceptors (Lipinski definition) is 2. The van der Waals surface area contributed by atoms with E-state index >= 15 is 0 Å². The number of carbonyl (C=O) groups is 1. The Morgan fingerprint density at radius 1 is 1.18 bits per heavy atom. The van der Waals surface area contributed by atoms with Crippen molar-refractivity contribution in [2.75, 3.05) is 6.54 Å². The van der Waals surface area contributed by atoms with Crippen molar-refractivity contribution in [1.82, 2.24) is 0 Å². The molecule has 0 fully saturated rings. The maximum atomic E-state index is 9.24. The van der Waals surface area contributed by atoms with Crippen LogP contribution in [0.4, 0.5) is 0 Å². The van der Waals surface area contributed by atoms with Crippen molar-refractivity contribution in [3.8, 4) is 0 Å². The standard InChI is InChI=1S/C2H5NO2.Al.4ClH.Zr/c3-1-2(4)5;;;;;;/h1,3H2,(H,4,5);;4*1H;/q;+3;;;;;+2. The van der Waals surface area contributed by atoms with E-state index in [1.165, 1.54) is 0 Å². The van der Waals surface area contributed by atoms with Crippen LogP contribution in [0.15, 0.2) is 0 Å². The third-order valence-electron chi connectivity index (χ3n) is 0.175. The largest absolute Gasteiger partial charge is 3.00 e. The normalized spacial score (nSPS) is 3.36. The predicted molar refractivity (Wildman–Crippen MR) is 51.4 cm³/mol. The zero-order valence-electron chi connectivity index (χ0n) is 5.35. The maximum Gasteiger partial charge on any atom is 3.00 e. The maximum absolute atomic E-state index is 9.24.